The van der Waals surface area contributed by atoms with Crippen molar-refractivity contribution in [2.24, 2.45) is 16.7 Å². The van der Waals surface area contributed by atoms with E-state index >= 15 is 4.79 Å². The zero-order valence-electron chi connectivity index (χ0n) is 36.9. The number of ether oxygens (including phenoxy) is 6. The number of rotatable bonds is 10. The molecule has 3 aromatic carbocycles. The maximum atomic E-state index is 15.0. The van der Waals surface area contributed by atoms with Gasteiger partial charge in [-0.25, -0.2) is 9.59 Å². The van der Waals surface area contributed by atoms with Gasteiger partial charge < -0.3 is 33.7 Å². The SMILES string of the molecule is C=C[C@@]1(C)CC(=O)[C@@]23OC(N(C)C)O[C@H]4CCC(C)(C)[C@H]([C@H](OC(=O)NCCc5ccc(NC(=O)OCC6c7ccccc7-c7ccccc76)cc5)[C@H](OC(C)=O)[C@@]2(C)O1)[C@]43C. The van der Waals surface area contributed by atoms with E-state index in [4.69, 9.17) is 28.4 Å². The third-order valence-electron chi connectivity index (χ3n) is 14.4. The quantitative estimate of drug-likeness (QED) is 0.117. The number of Topliss-reactive ketones (excluding diaryl/α,β-unsaturated/α-hetero) is 1. The average Bonchev–Trinajstić information content (AvgIpc) is 3.54. The number of nitrogens with one attached hydrogen (secondary N) is 2. The van der Waals surface area contributed by atoms with Crippen LogP contribution in [0.25, 0.3) is 11.1 Å². The van der Waals surface area contributed by atoms with Gasteiger partial charge in [0, 0.05) is 42.8 Å². The lowest BCUT2D eigenvalue weighted by atomic mass is 9.39. The Labute approximate surface area is 363 Å². The summed E-state index contributed by atoms with van der Waals surface area (Å²) in [6, 6.07) is 23.7. The molecule has 0 aromatic heterocycles. The fraction of sp³-hybridized carbons (Fsp3) is 0.510. The van der Waals surface area contributed by atoms with Crippen LogP contribution in [0.1, 0.15) is 83.4 Å². The third-order valence-corrected chi connectivity index (χ3v) is 14.4. The Morgan fingerprint density at radius 3 is 2.16 bits per heavy atom. The van der Waals surface area contributed by atoms with Crippen LogP contribution < -0.4 is 10.6 Å². The number of fused-ring (bicyclic) bond motifs is 3. The Morgan fingerprint density at radius 1 is 0.903 bits per heavy atom. The molecule has 0 radical (unpaired) electrons. The highest BCUT2D eigenvalue weighted by atomic mass is 16.7. The molecule has 2 heterocycles. The number of anilines is 1. The molecule has 2 aliphatic heterocycles. The summed E-state index contributed by atoms with van der Waals surface area (Å²) in [7, 11) is 3.63. The fourth-order valence-corrected chi connectivity index (χ4v) is 11.7. The molecule has 5 aliphatic rings. The second-order valence-corrected chi connectivity index (χ2v) is 19.0. The van der Waals surface area contributed by atoms with Gasteiger partial charge in [-0.05, 0) is 92.6 Å². The Balaban J connectivity index is 0.962. The minimum absolute atomic E-state index is 0.0209. The zero-order valence-corrected chi connectivity index (χ0v) is 36.9. The minimum Gasteiger partial charge on any atom is -0.455 e. The van der Waals surface area contributed by atoms with Crippen molar-refractivity contribution in [1.29, 1.82) is 0 Å². The van der Waals surface area contributed by atoms with Gasteiger partial charge in [0.2, 0.25) is 6.41 Å². The van der Waals surface area contributed by atoms with E-state index in [0.29, 0.717) is 24.9 Å². The number of hydrogen-bond acceptors (Lipinski definition) is 11. The standard InChI is InChI=1S/C49H59N3O10/c1-10-46(5)27-37(54)49-47(6)38(59-44(61-49)52(8)9)23-25-45(3,4)40(47)39(41(58-29(2)53)48(49,7)62-46)60-42(55)50-26-24-30-19-21-31(22-20-30)51-43(56)57-28-36-34-17-13-11-15-32(34)33-16-12-14-18-35(33)36/h10-22,36,38-41,44H,1,23-28H2,2-9H3,(H,50,55)(H,51,56)/t38-,39-,40-,41-,44?,46-,47-,48+,49-/m0/s1. The first-order valence-electron chi connectivity index (χ1n) is 21.6. The van der Waals surface area contributed by atoms with E-state index in [1.807, 2.05) is 57.4 Å². The van der Waals surface area contributed by atoms with E-state index in [1.165, 1.54) is 6.92 Å². The number of carbonyl (C=O) groups is 4. The topological polar surface area (TPSA) is 151 Å². The fourth-order valence-electron chi connectivity index (χ4n) is 11.7. The van der Waals surface area contributed by atoms with Gasteiger partial charge in [0.15, 0.2) is 17.5 Å². The summed E-state index contributed by atoms with van der Waals surface area (Å²) in [5.41, 5.74) is 0.0100. The van der Waals surface area contributed by atoms with Crippen molar-refractivity contribution < 1.29 is 47.6 Å². The van der Waals surface area contributed by atoms with E-state index in [1.54, 1.807) is 37.0 Å². The Bertz CT molecular complexity index is 2220. The molecule has 62 heavy (non-hydrogen) atoms. The number of hydrogen-bond donors (Lipinski definition) is 2. The molecule has 0 bridgehead atoms. The molecule has 2 saturated carbocycles. The summed E-state index contributed by atoms with van der Waals surface area (Å²) in [4.78, 5) is 56.7. The zero-order chi connectivity index (χ0) is 44.4. The first-order valence-corrected chi connectivity index (χ1v) is 21.6. The monoisotopic (exact) mass is 849 g/mol. The van der Waals surface area contributed by atoms with Crippen molar-refractivity contribution in [1.82, 2.24) is 10.2 Å². The molecule has 1 spiro atoms. The molecule has 1 unspecified atom stereocenters. The number of nitrogens with zero attached hydrogens (tertiary/aromatic N) is 1. The number of carbonyl (C=O) groups excluding carboxylic acids is 4. The van der Waals surface area contributed by atoms with Crippen LogP contribution in [0.3, 0.4) is 0 Å². The molecule has 3 aromatic rings. The first kappa shape index (κ1) is 43.6. The van der Waals surface area contributed by atoms with Crippen LogP contribution in [-0.2, 0) is 44.4 Å². The van der Waals surface area contributed by atoms with E-state index in [-0.39, 0.29) is 31.3 Å². The molecule has 4 fully saturated rings. The summed E-state index contributed by atoms with van der Waals surface area (Å²) in [6.45, 7) is 15.4. The molecule has 3 aliphatic carbocycles. The molecule has 13 heteroatoms. The van der Waals surface area contributed by atoms with Gasteiger partial charge in [0.05, 0.1) is 11.7 Å². The summed E-state index contributed by atoms with van der Waals surface area (Å²) < 4.78 is 38.9. The second kappa shape index (κ2) is 15.9. The van der Waals surface area contributed by atoms with E-state index in [0.717, 1.165) is 27.8 Å². The van der Waals surface area contributed by atoms with Crippen LogP contribution in [0, 0.1) is 16.7 Å². The van der Waals surface area contributed by atoms with E-state index in [9.17, 15) is 14.4 Å². The molecule has 9 atom stereocenters. The largest absolute Gasteiger partial charge is 0.455 e. The predicted molar refractivity (Wildman–Crippen MR) is 231 cm³/mol. The Kier molecular flexibility index (Phi) is 11.2. The van der Waals surface area contributed by atoms with Crippen molar-refractivity contribution in [2.75, 3.05) is 32.6 Å². The molecule has 8 rings (SSSR count). The normalized spacial score (nSPS) is 32.9. The van der Waals surface area contributed by atoms with Gasteiger partial charge in [-0.2, -0.15) is 0 Å². The van der Waals surface area contributed by atoms with Gasteiger partial charge in [0.25, 0.3) is 0 Å². The van der Waals surface area contributed by atoms with Gasteiger partial charge in [-0.1, -0.05) is 87.5 Å². The van der Waals surface area contributed by atoms with Gasteiger partial charge in [-0.3, -0.25) is 19.8 Å². The van der Waals surface area contributed by atoms with Crippen LogP contribution in [-0.4, -0.2) is 97.6 Å². The van der Waals surface area contributed by atoms with Crippen LogP contribution in [0.2, 0.25) is 0 Å². The van der Waals surface area contributed by atoms with Crippen molar-refractivity contribution in [2.45, 2.75) is 115 Å². The van der Waals surface area contributed by atoms with Crippen molar-refractivity contribution in [3.63, 3.8) is 0 Å². The summed E-state index contributed by atoms with van der Waals surface area (Å²) in [5.74, 6) is -1.45. The Hall–Kier alpha value is -5.08. The van der Waals surface area contributed by atoms with Crippen molar-refractivity contribution in [3.05, 3.63) is 102 Å². The van der Waals surface area contributed by atoms with Crippen molar-refractivity contribution >= 4 is 29.6 Å². The number of benzene rings is 3. The summed E-state index contributed by atoms with van der Waals surface area (Å²) in [5, 5.41) is 5.72. The molecule has 330 valence electrons. The number of alkyl carbamates (subject to hydrolysis) is 1. The molecule has 2 saturated heterocycles. The first-order chi connectivity index (χ1) is 29.4. The van der Waals surface area contributed by atoms with Crippen LogP contribution in [0.15, 0.2) is 85.5 Å². The van der Waals surface area contributed by atoms with Gasteiger partial charge in [0.1, 0.15) is 18.3 Å². The predicted octanol–water partition coefficient (Wildman–Crippen LogP) is 7.76. The second-order valence-electron chi connectivity index (χ2n) is 19.0. The minimum atomic E-state index is -1.66. The summed E-state index contributed by atoms with van der Waals surface area (Å²) in [6.07, 6.45) is -1.64. The van der Waals surface area contributed by atoms with Gasteiger partial charge >= 0.3 is 18.2 Å². The van der Waals surface area contributed by atoms with Crippen LogP contribution in [0.5, 0.6) is 0 Å². The van der Waals surface area contributed by atoms with E-state index in [2.05, 4.69) is 55.3 Å². The molecule has 2 N–H and O–H groups in total. The lowest BCUT2D eigenvalue weighted by Gasteiger charge is -2.74. The van der Waals surface area contributed by atoms with Gasteiger partial charge in [-0.15, -0.1) is 6.58 Å². The molecule has 2 amide bonds. The third kappa shape index (κ3) is 7.01. The number of esters is 1. The highest BCUT2D eigenvalue weighted by Gasteiger charge is 2.85. The maximum absolute atomic E-state index is 15.0. The smallest absolute Gasteiger partial charge is 0.411 e. The highest BCUT2D eigenvalue weighted by molar-refractivity contribution is 5.93. The van der Waals surface area contributed by atoms with E-state index < -0.39 is 76.4 Å². The van der Waals surface area contributed by atoms with Crippen LogP contribution in [0.4, 0.5) is 15.3 Å². The number of ketones is 1. The average molecular weight is 850 g/mol. The van der Waals surface area contributed by atoms with Crippen molar-refractivity contribution in [3.8, 4) is 11.1 Å². The number of amides is 2. The summed E-state index contributed by atoms with van der Waals surface area (Å²) >= 11 is 0. The lowest BCUT2D eigenvalue weighted by molar-refractivity contribution is -0.456. The Morgan fingerprint density at radius 2 is 1.55 bits per heavy atom. The lowest BCUT2D eigenvalue weighted by Crippen LogP contribution is -2.90. The highest BCUT2D eigenvalue weighted by Crippen LogP contribution is 2.71. The van der Waals surface area contributed by atoms with Crippen LogP contribution >= 0.6 is 0 Å². The maximum Gasteiger partial charge on any atom is 0.411 e. The molecular formula is C49H59N3O10. The molecule has 13 nitrogen and oxygen atoms in total. The molecular weight excluding hydrogens is 791 g/mol.